The number of hydrazine groups is 1. The molecule has 0 bridgehead atoms. The monoisotopic (exact) mass is 107 g/mol. The van der Waals surface area contributed by atoms with Gasteiger partial charge in [0.05, 0.1) is 0 Å². The molecule has 0 aromatic heterocycles. The summed E-state index contributed by atoms with van der Waals surface area (Å²) in [5.41, 5.74) is 0. The first kappa shape index (κ1) is 6.76. The van der Waals surface area contributed by atoms with E-state index < -0.39 is 5.34 Å². The van der Waals surface area contributed by atoms with Gasteiger partial charge in [-0.1, -0.05) is 0 Å². The van der Waals surface area contributed by atoms with Crippen LogP contribution >= 0.6 is 0 Å². The van der Waals surface area contributed by atoms with Crippen LogP contribution in [0.2, 0.25) is 0 Å². The predicted molar refractivity (Wildman–Crippen MR) is 21.6 cm³/mol. The van der Waals surface area contributed by atoms with Crippen molar-refractivity contribution in [3.63, 3.8) is 0 Å². The average Bonchev–Trinajstić information content (AvgIpc) is 1.65. The van der Waals surface area contributed by atoms with Crippen molar-refractivity contribution in [1.29, 1.82) is 0 Å². The number of hydrogen-bond acceptors (Lipinski definition) is 6. The van der Waals surface area contributed by atoms with Crippen molar-refractivity contribution in [2.24, 2.45) is 5.90 Å². The Morgan fingerprint density at radius 3 is 2.00 bits per heavy atom. The molecule has 0 amide bonds. The lowest BCUT2D eigenvalue weighted by atomic mass is 11.5. The fourth-order valence-corrected chi connectivity index (χ4v) is 0.0664. The molecule has 0 saturated carbocycles. The molecule has 0 fully saturated rings. The summed E-state index contributed by atoms with van der Waals surface area (Å²) in [5.74, 6) is 4.24. The number of hydroxylamine groups is 1. The zero-order valence-electron chi connectivity index (χ0n) is 3.70. The molecule has 0 aliphatic carbocycles. The van der Waals surface area contributed by atoms with Gasteiger partial charge in [0.1, 0.15) is 0 Å². The van der Waals surface area contributed by atoms with Gasteiger partial charge in [0.2, 0.25) is 0 Å². The second kappa shape index (κ2) is 2.86. The van der Waals surface area contributed by atoms with Crippen LogP contribution in [0.15, 0.2) is 0 Å². The Bertz CT molecular complexity index is 47.4. The summed E-state index contributed by atoms with van der Waals surface area (Å²) in [6, 6.07) is 0. The molecule has 0 aromatic carbocycles. The Labute approximate surface area is 40.1 Å². The van der Waals surface area contributed by atoms with E-state index in [9.17, 15) is 10.4 Å². The minimum absolute atomic E-state index is 0.0972. The molecule has 44 valence electrons. The minimum Gasteiger partial charge on any atom is -0.771 e. The lowest BCUT2D eigenvalue weighted by Gasteiger charge is -2.37. The standard InChI is InChI=1S/CH5N3O3/c1-3(5)4(6)7-2/h2H2,1H3/q-2. The fraction of sp³-hybridized carbons (Fsp3) is 1.00. The quantitative estimate of drug-likeness (QED) is 0.452. The summed E-state index contributed by atoms with van der Waals surface area (Å²) in [5, 5.41) is 18.9. The fourth-order valence-electron chi connectivity index (χ4n) is 0.0664. The number of rotatable bonds is 2. The molecule has 0 saturated heterocycles. The normalized spacial score (nSPS) is 11.1. The molecule has 0 spiro atoms. The highest BCUT2D eigenvalue weighted by Crippen LogP contribution is 1.82. The van der Waals surface area contributed by atoms with Crippen molar-refractivity contribution in [3.8, 4) is 0 Å². The molecule has 0 unspecified atom stereocenters. The van der Waals surface area contributed by atoms with Crippen molar-refractivity contribution < 1.29 is 4.94 Å². The minimum atomic E-state index is -0.403. The van der Waals surface area contributed by atoms with Gasteiger partial charge >= 0.3 is 0 Å². The smallest absolute Gasteiger partial charge is 0.0105 e. The van der Waals surface area contributed by atoms with Crippen LogP contribution in [0.1, 0.15) is 0 Å². The molecule has 0 aromatic rings. The third-order valence-electron chi connectivity index (χ3n) is 0.320. The summed E-state index contributed by atoms with van der Waals surface area (Å²) in [4.78, 5) is 3.40. The van der Waals surface area contributed by atoms with Crippen molar-refractivity contribution in [3.05, 3.63) is 10.4 Å². The molecule has 0 radical (unpaired) electrons. The highest BCUT2D eigenvalue weighted by molar-refractivity contribution is 4.36. The topological polar surface area (TPSA) is 87.8 Å². The second-order valence-corrected chi connectivity index (χ2v) is 0.807. The molecule has 7 heavy (non-hydrogen) atoms. The van der Waals surface area contributed by atoms with E-state index in [1.54, 1.807) is 0 Å². The Morgan fingerprint density at radius 2 is 2.00 bits per heavy atom. The number of nitrogens with zero attached hydrogens (tertiary/aromatic N) is 2. The van der Waals surface area contributed by atoms with Crippen LogP contribution in [0.4, 0.5) is 0 Å². The molecule has 0 rings (SSSR count). The molecule has 0 aliphatic heterocycles. The van der Waals surface area contributed by atoms with Crippen LogP contribution in [0.25, 0.3) is 0 Å². The summed E-state index contributed by atoms with van der Waals surface area (Å²) in [6.45, 7) is 0. The van der Waals surface area contributed by atoms with E-state index in [2.05, 4.69) is 10.8 Å². The van der Waals surface area contributed by atoms with Crippen molar-refractivity contribution in [2.75, 3.05) is 7.05 Å². The maximum atomic E-state index is 9.70. The average molecular weight is 107 g/mol. The third-order valence-corrected chi connectivity index (χ3v) is 0.320. The van der Waals surface area contributed by atoms with Crippen molar-refractivity contribution in [1.82, 2.24) is 10.5 Å². The number of nitrogens with two attached hydrogens (primary N) is 1. The molecule has 0 aliphatic rings. The van der Waals surface area contributed by atoms with E-state index in [1.807, 2.05) is 0 Å². The van der Waals surface area contributed by atoms with Crippen LogP contribution in [-0.2, 0) is 4.94 Å². The SMILES string of the molecule is CN([O-])N([O-])ON. The maximum Gasteiger partial charge on any atom is -0.0105 e. The largest absolute Gasteiger partial charge is 0.771 e. The maximum absolute atomic E-state index is 9.70. The van der Waals surface area contributed by atoms with Gasteiger partial charge in [0.25, 0.3) is 0 Å². The highest BCUT2D eigenvalue weighted by atomic mass is 17.0. The first-order valence-electron chi connectivity index (χ1n) is 1.43. The van der Waals surface area contributed by atoms with Crippen LogP contribution in [0.5, 0.6) is 0 Å². The lowest BCUT2D eigenvalue weighted by molar-refractivity contribution is -0.226. The van der Waals surface area contributed by atoms with Crippen LogP contribution in [0, 0.1) is 10.4 Å². The van der Waals surface area contributed by atoms with Crippen LogP contribution < -0.4 is 5.90 Å². The second-order valence-electron chi connectivity index (χ2n) is 0.807. The first-order chi connectivity index (χ1) is 3.18. The van der Waals surface area contributed by atoms with E-state index in [0.717, 1.165) is 7.05 Å². The summed E-state index contributed by atoms with van der Waals surface area (Å²) in [7, 11) is 0.958. The van der Waals surface area contributed by atoms with Gasteiger partial charge in [0, 0.05) is 0 Å². The first-order valence-corrected chi connectivity index (χ1v) is 1.43. The van der Waals surface area contributed by atoms with Gasteiger partial charge in [-0.25, -0.2) is 4.94 Å². The van der Waals surface area contributed by atoms with E-state index in [1.165, 1.54) is 0 Å². The zero-order chi connectivity index (χ0) is 5.86. The van der Waals surface area contributed by atoms with E-state index in [-0.39, 0.29) is 5.17 Å². The molecule has 0 heterocycles. The van der Waals surface area contributed by atoms with Crippen LogP contribution in [-0.4, -0.2) is 17.6 Å². The molecular formula is CH5N3O3-2. The van der Waals surface area contributed by atoms with Gasteiger partial charge in [0.15, 0.2) is 0 Å². The molecular weight excluding hydrogens is 102 g/mol. The molecule has 2 N–H and O–H groups in total. The van der Waals surface area contributed by atoms with Gasteiger partial charge in [-0.15, -0.1) is 0 Å². The molecule has 6 nitrogen and oxygen atoms in total. The zero-order valence-corrected chi connectivity index (χ0v) is 3.70. The Hall–Kier alpha value is -0.240. The summed E-state index contributed by atoms with van der Waals surface area (Å²) >= 11 is 0. The van der Waals surface area contributed by atoms with E-state index >= 15 is 0 Å². The van der Waals surface area contributed by atoms with Gasteiger partial charge in [-0.2, -0.15) is 11.2 Å². The van der Waals surface area contributed by atoms with E-state index in [4.69, 9.17) is 0 Å². The third kappa shape index (κ3) is 2.45. The van der Waals surface area contributed by atoms with Gasteiger partial charge in [-0.05, 0) is 7.05 Å². The lowest BCUT2D eigenvalue weighted by Crippen LogP contribution is -2.32. The predicted octanol–water partition coefficient (Wildman–Crippen LogP) is -1.06. The molecule has 0 atom stereocenters. The Kier molecular flexibility index (Phi) is 2.76. The Balaban J connectivity index is 3.14. The van der Waals surface area contributed by atoms with Gasteiger partial charge in [-0.3, -0.25) is 0 Å². The van der Waals surface area contributed by atoms with Crippen molar-refractivity contribution >= 4 is 0 Å². The van der Waals surface area contributed by atoms with Gasteiger partial charge < -0.3 is 15.6 Å². The van der Waals surface area contributed by atoms with E-state index in [0.29, 0.717) is 0 Å². The summed E-state index contributed by atoms with van der Waals surface area (Å²) < 4.78 is 0. The molecule has 6 heteroatoms. The van der Waals surface area contributed by atoms with Crippen molar-refractivity contribution in [2.45, 2.75) is 0 Å². The highest BCUT2D eigenvalue weighted by Gasteiger charge is 1.78. The van der Waals surface area contributed by atoms with Crippen LogP contribution in [0.3, 0.4) is 0 Å². The summed E-state index contributed by atoms with van der Waals surface area (Å²) in [6.07, 6.45) is 0. The Morgan fingerprint density at radius 1 is 1.57 bits per heavy atom. The number of hydrogen-bond donors (Lipinski definition) is 1.